The van der Waals surface area contributed by atoms with Crippen LogP contribution in [0.15, 0.2) is 53.1 Å². The number of aromatic nitrogens is 1. The third kappa shape index (κ3) is 5.39. The maximum Gasteiger partial charge on any atom is 0.257 e. The van der Waals surface area contributed by atoms with E-state index >= 15 is 0 Å². The fourth-order valence-corrected chi connectivity index (χ4v) is 4.31. The number of ether oxygens (including phenoxy) is 1. The number of hydrogen-bond acceptors (Lipinski definition) is 6. The Hall–Kier alpha value is -3.39. The minimum absolute atomic E-state index is 0.148. The van der Waals surface area contributed by atoms with Crippen molar-refractivity contribution < 1.29 is 18.4 Å². The van der Waals surface area contributed by atoms with Crippen molar-refractivity contribution in [3.63, 3.8) is 0 Å². The number of carbonyl (C=O) groups is 1. The standard InChI is InChI=1S/C26H31FN4O3/c1-3-22-24(25(29-34-22)19-8-5-4-6-9-19)26(32)28-12-7-13-30-14-16-31(17-15-30)21-11-10-20(27)18-23(21)33-2/h4-6,8-11,18H,3,7,12-17H2,1-2H3,(H,28,32). The van der Waals surface area contributed by atoms with Crippen LogP contribution in [0.25, 0.3) is 11.3 Å². The summed E-state index contributed by atoms with van der Waals surface area (Å²) in [6.07, 6.45) is 1.45. The number of amides is 1. The molecule has 0 bridgehead atoms. The summed E-state index contributed by atoms with van der Waals surface area (Å²) in [5, 5.41) is 7.19. The number of carbonyl (C=O) groups excluding carboxylic acids is 1. The Morgan fingerprint density at radius 2 is 1.91 bits per heavy atom. The van der Waals surface area contributed by atoms with E-state index in [9.17, 15) is 9.18 Å². The Kier molecular flexibility index (Phi) is 7.80. The Morgan fingerprint density at radius 1 is 1.15 bits per heavy atom. The van der Waals surface area contributed by atoms with E-state index in [1.807, 2.05) is 37.3 Å². The van der Waals surface area contributed by atoms with E-state index in [1.165, 1.54) is 12.1 Å². The fraction of sp³-hybridized carbons (Fsp3) is 0.385. The van der Waals surface area contributed by atoms with E-state index in [0.717, 1.165) is 50.4 Å². The molecule has 1 amide bonds. The predicted molar refractivity (Wildman–Crippen MR) is 130 cm³/mol. The van der Waals surface area contributed by atoms with Crippen molar-refractivity contribution in [1.82, 2.24) is 15.4 Å². The molecule has 180 valence electrons. The molecule has 3 aromatic rings. The molecule has 0 unspecified atom stereocenters. The topological polar surface area (TPSA) is 70.8 Å². The van der Waals surface area contributed by atoms with Gasteiger partial charge in [-0.15, -0.1) is 0 Å². The SMILES string of the molecule is CCc1onc(-c2ccccc2)c1C(=O)NCCCN1CCN(c2ccc(F)cc2OC)CC1. The molecule has 8 heteroatoms. The molecular weight excluding hydrogens is 435 g/mol. The summed E-state index contributed by atoms with van der Waals surface area (Å²) in [7, 11) is 1.56. The molecule has 1 aliphatic rings. The zero-order valence-corrected chi connectivity index (χ0v) is 19.7. The lowest BCUT2D eigenvalue weighted by atomic mass is 10.0. The third-order valence-corrected chi connectivity index (χ3v) is 6.15. The lowest BCUT2D eigenvalue weighted by Crippen LogP contribution is -2.47. The maximum atomic E-state index is 13.5. The Morgan fingerprint density at radius 3 is 2.62 bits per heavy atom. The van der Waals surface area contributed by atoms with Gasteiger partial charge in [-0.1, -0.05) is 42.4 Å². The van der Waals surface area contributed by atoms with Gasteiger partial charge < -0.3 is 19.5 Å². The quantitative estimate of drug-likeness (QED) is 0.481. The molecule has 0 spiro atoms. The van der Waals surface area contributed by atoms with Gasteiger partial charge in [-0.2, -0.15) is 0 Å². The summed E-state index contributed by atoms with van der Waals surface area (Å²) < 4.78 is 24.3. The second-order valence-electron chi connectivity index (χ2n) is 8.30. The highest BCUT2D eigenvalue weighted by Gasteiger charge is 2.23. The van der Waals surface area contributed by atoms with Crippen LogP contribution in [0.3, 0.4) is 0 Å². The minimum atomic E-state index is -0.297. The largest absolute Gasteiger partial charge is 0.494 e. The number of rotatable bonds is 9. The van der Waals surface area contributed by atoms with E-state index in [0.29, 0.717) is 35.7 Å². The van der Waals surface area contributed by atoms with Crippen molar-refractivity contribution in [2.24, 2.45) is 0 Å². The van der Waals surface area contributed by atoms with Gasteiger partial charge in [0.25, 0.3) is 5.91 Å². The van der Waals surface area contributed by atoms with Gasteiger partial charge in [-0.3, -0.25) is 9.69 Å². The number of anilines is 1. The van der Waals surface area contributed by atoms with Crippen LogP contribution in [-0.4, -0.2) is 62.3 Å². The van der Waals surface area contributed by atoms with Gasteiger partial charge in [0.15, 0.2) is 0 Å². The molecule has 4 rings (SSSR count). The Balaban J connectivity index is 1.26. The van der Waals surface area contributed by atoms with Crippen LogP contribution in [0.4, 0.5) is 10.1 Å². The van der Waals surface area contributed by atoms with Gasteiger partial charge in [-0.25, -0.2) is 4.39 Å². The summed E-state index contributed by atoms with van der Waals surface area (Å²) in [5.41, 5.74) is 2.90. The number of methoxy groups -OCH3 is 1. The first-order valence-corrected chi connectivity index (χ1v) is 11.7. The van der Waals surface area contributed by atoms with Crippen molar-refractivity contribution in [2.75, 3.05) is 51.3 Å². The van der Waals surface area contributed by atoms with Crippen molar-refractivity contribution in [3.05, 3.63) is 65.7 Å². The van der Waals surface area contributed by atoms with Crippen LogP contribution in [0.5, 0.6) is 5.75 Å². The molecule has 1 aliphatic heterocycles. The molecule has 1 aromatic heterocycles. The lowest BCUT2D eigenvalue weighted by molar-refractivity contribution is 0.0950. The second-order valence-corrected chi connectivity index (χ2v) is 8.30. The Labute approximate surface area is 199 Å². The lowest BCUT2D eigenvalue weighted by Gasteiger charge is -2.36. The molecule has 1 N–H and O–H groups in total. The molecule has 0 radical (unpaired) electrons. The molecule has 2 aromatic carbocycles. The molecule has 1 fully saturated rings. The molecule has 1 saturated heterocycles. The van der Waals surface area contributed by atoms with Gasteiger partial charge >= 0.3 is 0 Å². The summed E-state index contributed by atoms with van der Waals surface area (Å²) in [5.74, 6) is 0.717. The normalized spacial score (nSPS) is 14.3. The van der Waals surface area contributed by atoms with Gasteiger partial charge in [0.05, 0.1) is 12.8 Å². The molecule has 34 heavy (non-hydrogen) atoms. The average Bonchev–Trinajstić information content (AvgIpc) is 3.32. The number of nitrogens with one attached hydrogen (secondary N) is 1. The highest BCUT2D eigenvalue weighted by Crippen LogP contribution is 2.30. The van der Waals surface area contributed by atoms with Gasteiger partial charge in [-0.05, 0) is 25.1 Å². The van der Waals surface area contributed by atoms with Crippen molar-refractivity contribution in [3.8, 4) is 17.0 Å². The number of aryl methyl sites for hydroxylation is 1. The molecule has 0 saturated carbocycles. The second kappa shape index (κ2) is 11.2. The first-order chi connectivity index (χ1) is 16.6. The number of halogens is 1. The highest BCUT2D eigenvalue weighted by molar-refractivity contribution is 6.00. The summed E-state index contributed by atoms with van der Waals surface area (Å²) >= 11 is 0. The van der Waals surface area contributed by atoms with Crippen LogP contribution < -0.4 is 15.0 Å². The molecule has 0 aliphatic carbocycles. The van der Waals surface area contributed by atoms with Gasteiger partial charge in [0, 0.05) is 50.8 Å². The maximum absolute atomic E-state index is 13.5. The molecular formula is C26H31FN4O3. The van der Waals surface area contributed by atoms with E-state index < -0.39 is 0 Å². The molecule has 7 nitrogen and oxygen atoms in total. The number of hydrogen-bond donors (Lipinski definition) is 1. The zero-order chi connectivity index (χ0) is 23.9. The van der Waals surface area contributed by atoms with Gasteiger partial charge in [0.1, 0.15) is 28.6 Å². The first-order valence-electron chi connectivity index (χ1n) is 11.7. The van der Waals surface area contributed by atoms with E-state index in [1.54, 1.807) is 13.2 Å². The summed E-state index contributed by atoms with van der Waals surface area (Å²) in [6, 6.07) is 14.3. The summed E-state index contributed by atoms with van der Waals surface area (Å²) in [4.78, 5) is 17.5. The van der Waals surface area contributed by atoms with Crippen LogP contribution in [0.2, 0.25) is 0 Å². The van der Waals surface area contributed by atoms with E-state index in [2.05, 4.69) is 20.3 Å². The molecule has 0 atom stereocenters. The minimum Gasteiger partial charge on any atom is -0.494 e. The van der Waals surface area contributed by atoms with Crippen molar-refractivity contribution in [2.45, 2.75) is 19.8 Å². The number of benzene rings is 2. The fourth-order valence-electron chi connectivity index (χ4n) is 4.31. The van der Waals surface area contributed by atoms with Crippen LogP contribution >= 0.6 is 0 Å². The molecule has 2 heterocycles. The van der Waals surface area contributed by atoms with Gasteiger partial charge in [0.2, 0.25) is 0 Å². The number of piperazine rings is 1. The van der Waals surface area contributed by atoms with E-state index in [4.69, 9.17) is 9.26 Å². The van der Waals surface area contributed by atoms with Crippen LogP contribution in [0, 0.1) is 5.82 Å². The summed E-state index contributed by atoms with van der Waals surface area (Å²) in [6.45, 7) is 6.91. The smallest absolute Gasteiger partial charge is 0.257 e. The van der Waals surface area contributed by atoms with Crippen LogP contribution in [-0.2, 0) is 6.42 Å². The van der Waals surface area contributed by atoms with Crippen LogP contribution in [0.1, 0.15) is 29.5 Å². The third-order valence-electron chi connectivity index (χ3n) is 6.15. The number of nitrogens with zero attached hydrogens (tertiary/aromatic N) is 3. The van der Waals surface area contributed by atoms with Crippen molar-refractivity contribution >= 4 is 11.6 Å². The van der Waals surface area contributed by atoms with E-state index in [-0.39, 0.29) is 11.7 Å². The van der Waals surface area contributed by atoms with Crippen molar-refractivity contribution in [1.29, 1.82) is 0 Å². The highest BCUT2D eigenvalue weighted by atomic mass is 19.1. The Bertz CT molecular complexity index is 1090. The monoisotopic (exact) mass is 466 g/mol. The zero-order valence-electron chi connectivity index (χ0n) is 19.7. The first kappa shape index (κ1) is 23.8. The predicted octanol–water partition coefficient (Wildman–Crippen LogP) is 3.99. The average molecular weight is 467 g/mol.